The summed E-state index contributed by atoms with van der Waals surface area (Å²) in [5.41, 5.74) is 0.977. The molecule has 6 heteroatoms. The van der Waals surface area contributed by atoms with Gasteiger partial charge in [-0.15, -0.1) is 5.10 Å². The standard InChI is InChI=1S/C20H27N3O2S/c1-13(2)16-10-9-14(3)11-17(16)25-18(24)12-26-20-21-19(22-23-20)15-7-5-4-6-8-15/h4-8,13-14,16-17H,9-12H2,1-3H3,(H,21,22,23)/t14-,16-,17-/m1/s1. The van der Waals surface area contributed by atoms with Crippen molar-refractivity contribution in [3.63, 3.8) is 0 Å². The molecular weight excluding hydrogens is 346 g/mol. The number of carbonyl (C=O) groups is 1. The summed E-state index contributed by atoms with van der Waals surface area (Å²) in [6.07, 6.45) is 3.38. The summed E-state index contributed by atoms with van der Waals surface area (Å²) in [7, 11) is 0. The van der Waals surface area contributed by atoms with Gasteiger partial charge < -0.3 is 4.74 Å². The van der Waals surface area contributed by atoms with Crippen LogP contribution in [0.1, 0.15) is 40.0 Å². The minimum Gasteiger partial charge on any atom is -0.461 e. The Morgan fingerprint density at radius 3 is 2.81 bits per heavy atom. The molecule has 1 aromatic carbocycles. The number of nitrogens with zero attached hydrogens (tertiary/aromatic N) is 2. The number of nitrogens with one attached hydrogen (secondary N) is 1. The zero-order valence-electron chi connectivity index (χ0n) is 15.6. The third-order valence-electron chi connectivity index (χ3n) is 5.08. The summed E-state index contributed by atoms with van der Waals surface area (Å²) < 4.78 is 5.82. The van der Waals surface area contributed by atoms with Gasteiger partial charge in [-0.3, -0.25) is 9.89 Å². The number of aromatic nitrogens is 3. The lowest BCUT2D eigenvalue weighted by atomic mass is 9.75. The maximum Gasteiger partial charge on any atom is 0.316 e. The molecule has 5 nitrogen and oxygen atoms in total. The third-order valence-corrected chi connectivity index (χ3v) is 5.90. The lowest BCUT2D eigenvalue weighted by Gasteiger charge is -2.36. The van der Waals surface area contributed by atoms with Crippen molar-refractivity contribution < 1.29 is 9.53 Å². The molecule has 140 valence electrons. The van der Waals surface area contributed by atoms with Crippen molar-refractivity contribution in [3.8, 4) is 11.4 Å². The molecular formula is C20H27N3O2S. The molecule has 2 aromatic rings. The number of hydrogen-bond donors (Lipinski definition) is 1. The Bertz CT molecular complexity index is 717. The Balaban J connectivity index is 1.53. The highest BCUT2D eigenvalue weighted by Crippen LogP contribution is 2.35. The average molecular weight is 374 g/mol. The molecule has 3 rings (SSSR count). The molecule has 1 fully saturated rings. The van der Waals surface area contributed by atoms with Gasteiger partial charge in [-0.1, -0.05) is 69.3 Å². The van der Waals surface area contributed by atoms with Gasteiger partial charge in [-0.2, -0.15) is 0 Å². The van der Waals surface area contributed by atoms with Crippen LogP contribution in [0.5, 0.6) is 0 Å². The fourth-order valence-electron chi connectivity index (χ4n) is 3.61. The number of rotatable bonds is 6. The molecule has 0 bridgehead atoms. The van der Waals surface area contributed by atoms with Gasteiger partial charge in [0.1, 0.15) is 6.10 Å². The van der Waals surface area contributed by atoms with Crippen molar-refractivity contribution in [2.24, 2.45) is 17.8 Å². The van der Waals surface area contributed by atoms with Gasteiger partial charge in [0.05, 0.1) is 5.75 Å². The first-order valence-electron chi connectivity index (χ1n) is 9.33. The van der Waals surface area contributed by atoms with Gasteiger partial charge in [0.25, 0.3) is 0 Å². The van der Waals surface area contributed by atoms with Crippen LogP contribution in [0.2, 0.25) is 0 Å². The van der Waals surface area contributed by atoms with E-state index < -0.39 is 0 Å². The number of ether oxygens (including phenoxy) is 1. The largest absolute Gasteiger partial charge is 0.461 e. The van der Waals surface area contributed by atoms with E-state index in [0.717, 1.165) is 18.4 Å². The molecule has 1 heterocycles. The van der Waals surface area contributed by atoms with E-state index in [1.807, 2.05) is 30.3 Å². The fourth-order valence-corrected chi connectivity index (χ4v) is 4.19. The van der Waals surface area contributed by atoms with Gasteiger partial charge in [0.15, 0.2) is 5.82 Å². The molecule has 0 saturated heterocycles. The summed E-state index contributed by atoms with van der Waals surface area (Å²) in [5, 5.41) is 7.67. The summed E-state index contributed by atoms with van der Waals surface area (Å²) >= 11 is 1.32. The van der Waals surface area contributed by atoms with Crippen molar-refractivity contribution in [2.75, 3.05) is 5.75 Å². The minimum absolute atomic E-state index is 0.0406. The molecule has 1 N–H and O–H groups in total. The van der Waals surface area contributed by atoms with E-state index in [4.69, 9.17) is 4.74 Å². The minimum atomic E-state index is -0.175. The molecule has 1 saturated carbocycles. The van der Waals surface area contributed by atoms with Crippen LogP contribution in [0.3, 0.4) is 0 Å². The zero-order valence-corrected chi connectivity index (χ0v) is 16.5. The van der Waals surface area contributed by atoms with Gasteiger partial charge in [0, 0.05) is 5.56 Å². The number of benzene rings is 1. The summed E-state index contributed by atoms with van der Waals surface area (Å²) in [4.78, 5) is 16.8. The molecule has 3 atom stereocenters. The highest BCUT2D eigenvalue weighted by molar-refractivity contribution is 7.99. The van der Waals surface area contributed by atoms with Crippen molar-refractivity contribution in [1.29, 1.82) is 0 Å². The summed E-state index contributed by atoms with van der Waals surface area (Å²) in [6.45, 7) is 6.68. The quantitative estimate of drug-likeness (QED) is 0.593. The molecule has 26 heavy (non-hydrogen) atoms. The summed E-state index contributed by atoms with van der Waals surface area (Å²) in [6, 6.07) is 9.82. The van der Waals surface area contributed by atoms with Gasteiger partial charge in [0.2, 0.25) is 5.16 Å². The molecule has 0 amide bonds. The van der Waals surface area contributed by atoms with E-state index in [9.17, 15) is 4.79 Å². The third kappa shape index (κ3) is 4.87. The lowest BCUT2D eigenvalue weighted by molar-refractivity contribution is -0.152. The highest BCUT2D eigenvalue weighted by atomic mass is 32.2. The smallest absolute Gasteiger partial charge is 0.316 e. The van der Waals surface area contributed by atoms with Crippen molar-refractivity contribution in [2.45, 2.75) is 51.3 Å². The predicted molar refractivity (Wildman–Crippen MR) is 104 cm³/mol. The highest BCUT2D eigenvalue weighted by Gasteiger charge is 2.33. The van der Waals surface area contributed by atoms with Crippen molar-refractivity contribution in [1.82, 2.24) is 15.2 Å². The Labute approximate surface area is 159 Å². The van der Waals surface area contributed by atoms with Crippen LogP contribution in [-0.2, 0) is 9.53 Å². The van der Waals surface area contributed by atoms with E-state index in [0.29, 0.717) is 28.7 Å². The number of carbonyl (C=O) groups excluding carboxylic acids is 1. The second-order valence-corrected chi connectivity index (χ2v) is 8.42. The van der Waals surface area contributed by atoms with Crippen LogP contribution < -0.4 is 0 Å². The average Bonchev–Trinajstić information content (AvgIpc) is 3.09. The number of H-pyrrole nitrogens is 1. The normalized spacial score (nSPS) is 23.2. The Kier molecular flexibility index (Phi) is 6.35. The number of aromatic amines is 1. The van der Waals surface area contributed by atoms with Crippen LogP contribution in [-0.4, -0.2) is 33.0 Å². The van der Waals surface area contributed by atoms with Crippen molar-refractivity contribution in [3.05, 3.63) is 30.3 Å². The SMILES string of the molecule is CC(C)[C@H]1CC[C@@H](C)C[C@H]1OC(=O)CSc1n[nH]c(-c2ccccc2)n1. The predicted octanol–water partition coefficient (Wildman–Crippen LogP) is 4.57. The van der Waals surface area contributed by atoms with Crippen LogP contribution in [0.4, 0.5) is 0 Å². The van der Waals surface area contributed by atoms with Crippen LogP contribution >= 0.6 is 11.8 Å². The van der Waals surface area contributed by atoms with E-state index in [1.54, 1.807) is 0 Å². The van der Waals surface area contributed by atoms with Crippen LogP contribution in [0.25, 0.3) is 11.4 Å². The Morgan fingerprint density at radius 2 is 2.08 bits per heavy atom. The van der Waals surface area contributed by atoms with E-state index in [1.165, 1.54) is 18.2 Å². The van der Waals surface area contributed by atoms with E-state index in [2.05, 4.69) is 36.0 Å². The molecule has 0 radical (unpaired) electrons. The zero-order chi connectivity index (χ0) is 18.5. The molecule has 1 aliphatic rings. The molecule has 1 aliphatic carbocycles. The first-order valence-corrected chi connectivity index (χ1v) is 10.3. The number of thioether (sulfide) groups is 1. The lowest BCUT2D eigenvalue weighted by Crippen LogP contribution is -2.36. The second kappa shape index (κ2) is 8.71. The monoisotopic (exact) mass is 373 g/mol. The van der Waals surface area contributed by atoms with Gasteiger partial charge in [-0.25, -0.2) is 4.98 Å². The molecule has 0 spiro atoms. The van der Waals surface area contributed by atoms with Gasteiger partial charge in [-0.05, 0) is 30.6 Å². The van der Waals surface area contributed by atoms with E-state index >= 15 is 0 Å². The van der Waals surface area contributed by atoms with Crippen molar-refractivity contribution >= 4 is 17.7 Å². The molecule has 0 unspecified atom stereocenters. The van der Waals surface area contributed by atoms with Crippen LogP contribution in [0.15, 0.2) is 35.5 Å². The first kappa shape index (κ1) is 19.0. The van der Waals surface area contributed by atoms with Gasteiger partial charge >= 0.3 is 5.97 Å². The maximum absolute atomic E-state index is 12.3. The molecule has 0 aliphatic heterocycles. The van der Waals surface area contributed by atoms with E-state index in [-0.39, 0.29) is 17.8 Å². The number of esters is 1. The van der Waals surface area contributed by atoms with Crippen LogP contribution in [0, 0.1) is 17.8 Å². The summed E-state index contributed by atoms with van der Waals surface area (Å²) in [5.74, 6) is 2.40. The molecule has 1 aromatic heterocycles. The topological polar surface area (TPSA) is 67.9 Å². The fraction of sp³-hybridized carbons (Fsp3) is 0.550. The number of hydrogen-bond acceptors (Lipinski definition) is 5. The Morgan fingerprint density at radius 1 is 1.31 bits per heavy atom. The maximum atomic E-state index is 12.3. The Hall–Kier alpha value is -1.82. The second-order valence-electron chi connectivity index (χ2n) is 7.48. The first-order chi connectivity index (χ1) is 12.5.